The van der Waals surface area contributed by atoms with E-state index < -0.39 is 11.9 Å². The van der Waals surface area contributed by atoms with Crippen LogP contribution in [0.3, 0.4) is 0 Å². The van der Waals surface area contributed by atoms with E-state index in [1.807, 2.05) is 12.1 Å². The summed E-state index contributed by atoms with van der Waals surface area (Å²) in [6, 6.07) is 11.4. The van der Waals surface area contributed by atoms with Crippen molar-refractivity contribution in [3.63, 3.8) is 0 Å². The highest BCUT2D eigenvalue weighted by molar-refractivity contribution is 5.90. The molecule has 0 radical (unpaired) electrons. The van der Waals surface area contributed by atoms with Gasteiger partial charge in [0.1, 0.15) is 5.69 Å². The molecule has 0 saturated carbocycles. The summed E-state index contributed by atoms with van der Waals surface area (Å²) in [4.78, 5) is 7.70. The fourth-order valence-corrected chi connectivity index (χ4v) is 1.81. The van der Waals surface area contributed by atoms with Gasteiger partial charge in [-0.25, -0.2) is 9.97 Å². The van der Waals surface area contributed by atoms with Crippen LogP contribution < -0.4 is 0 Å². The van der Waals surface area contributed by atoms with Gasteiger partial charge in [0, 0.05) is 10.8 Å². The Hall–Kier alpha value is -2.17. The molecule has 2 nitrogen and oxygen atoms in total. The Morgan fingerprint density at radius 2 is 1.61 bits per heavy atom. The van der Waals surface area contributed by atoms with E-state index in [2.05, 4.69) is 9.97 Å². The van der Waals surface area contributed by atoms with E-state index in [1.54, 1.807) is 18.2 Å². The van der Waals surface area contributed by atoms with Gasteiger partial charge >= 0.3 is 6.18 Å². The first kappa shape index (κ1) is 11.0. The predicted octanol–water partition coefficient (Wildman–Crippen LogP) is 3.80. The number of hydrogen-bond donors (Lipinski definition) is 0. The van der Waals surface area contributed by atoms with Crippen LogP contribution in [-0.4, -0.2) is 9.97 Å². The average molecular weight is 248 g/mol. The molecule has 0 aliphatic carbocycles. The molecule has 2 heterocycles. The van der Waals surface area contributed by atoms with Crippen molar-refractivity contribution in [3.05, 3.63) is 48.2 Å². The first-order valence-electron chi connectivity index (χ1n) is 5.28. The molecule has 0 aliphatic rings. The van der Waals surface area contributed by atoms with Gasteiger partial charge in [0.2, 0.25) is 0 Å². The van der Waals surface area contributed by atoms with Crippen LogP contribution in [0.5, 0.6) is 0 Å². The number of rotatable bonds is 0. The lowest BCUT2D eigenvalue weighted by atomic mass is 10.1. The minimum atomic E-state index is -4.44. The summed E-state index contributed by atoms with van der Waals surface area (Å²) in [6.45, 7) is 0. The predicted molar refractivity (Wildman–Crippen MR) is 62.0 cm³/mol. The Balaban J connectivity index is 2.31. The van der Waals surface area contributed by atoms with Gasteiger partial charge in [-0.2, -0.15) is 13.2 Å². The molecule has 0 atom stereocenters. The van der Waals surface area contributed by atoms with Crippen LogP contribution in [0.1, 0.15) is 5.69 Å². The fraction of sp³-hybridized carbons (Fsp3) is 0.0769. The lowest BCUT2D eigenvalue weighted by Gasteiger charge is -2.06. The molecule has 0 bridgehead atoms. The second-order valence-corrected chi connectivity index (χ2v) is 3.92. The Kier molecular flexibility index (Phi) is 2.23. The zero-order valence-electron chi connectivity index (χ0n) is 9.07. The Morgan fingerprint density at radius 1 is 0.833 bits per heavy atom. The minimum absolute atomic E-state index is 0.114. The highest BCUT2D eigenvalue weighted by atomic mass is 19.4. The quantitative estimate of drug-likeness (QED) is 0.565. The van der Waals surface area contributed by atoms with E-state index >= 15 is 0 Å². The van der Waals surface area contributed by atoms with Crippen LogP contribution in [0.4, 0.5) is 13.2 Å². The third kappa shape index (κ3) is 1.77. The molecule has 0 unspecified atom stereocenters. The number of pyridine rings is 2. The molecule has 0 saturated heterocycles. The molecule has 1 aromatic carbocycles. The van der Waals surface area contributed by atoms with Crippen molar-refractivity contribution in [1.29, 1.82) is 0 Å². The number of halogens is 3. The smallest absolute Gasteiger partial charge is 0.228 e. The fourth-order valence-electron chi connectivity index (χ4n) is 1.81. The van der Waals surface area contributed by atoms with E-state index in [9.17, 15) is 13.2 Å². The van der Waals surface area contributed by atoms with Crippen LogP contribution in [-0.2, 0) is 6.18 Å². The molecule has 0 spiro atoms. The second kappa shape index (κ2) is 3.66. The standard InChI is InChI=1S/C13H7F3N2/c14-13(15,16)11-6-5-9-7-8-3-1-2-4-10(8)17-12(9)18-11/h1-7H. The van der Waals surface area contributed by atoms with Crippen molar-refractivity contribution in [3.8, 4) is 0 Å². The third-order valence-electron chi connectivity index (χ3n) is 2.67. The van der Waals surface area contributed by atoms with E-state index in [0.717, 1.165) is 11.5 Å². The molecule has 0 fully saturated rings. The summed E-state index contributed by atoms with van der Waals surface area (Å²) in [6.07, 6.45) is -4.44. The Labute approximate surface area is 100 Å². The van der Waals surface area contributed by atoms with Gasteiger partial charge in [-0.1, -0.05) is 18.2 Å². The summed E-state index contributed by atoms with van der Waals surface area (Å²) in [5.74, 6) is 0. The summed E-state index contributed by atoms with van der Waals surface area (Å²) >= 11 is 0. The van der Waals surface area contributed by atoms with Crippen molar-refractivity contribution in [2.45, 2.75) is 6.18 Å². The highest BCUT2D eigenvalue weighted by Crippen LogP contribution is 2.29. The van der Waals surface area contributed by atoms with Crippen LogP contribution >= 0.6 is 0 Å². The number of para-hydroxylation sites is 1. The van der Waals surface area contributed by atoms with Crippen LogP contribution in [0.25, 0.3) is 21.9 Å². The minimum Gasteiger partial charge on any atom is -0.228 e. The molecule has 3 rings (SSSR count). The molecule has 0 aliphatic heterocycles. The Morgan fingerprint density at radius 3 is 2.39 bits per heavy atom. The molecule has 18 heavy (non-hydrogen) atoms. The topological polar surface area (TPSA) is 25.8 Å². The molecular weight excluding hydrogens is 241 g/mol. The van der Waals surface area contributed by atoms with E-state index in [0.29, 0.717) is 10.9 Å². The number of alkyl halides is 3. The summed E-state index contributed by atoms with van der Waals surface area (Å²) < 4.78 is 37.6. The van der Waals surface area contributed by atoms with Gasteiger partial charge in [0.05, 0.1) is 5.52 Å². The lowest BCUT2D eigenvalue weighted by Crippen LogP contribution is -2.07. The number of nitrogens with zero attached hydrogens (tertiary/aromatic N) is 2. The molecule has 90 valence electrons. The first-order valence-corrected chi connectivity index (χ1v) is 5.28. The largest absolute Gasteiger partial charge is 0.433 e. The van der Waals surface area contributed by atoms with Crippen LogP contribution in [0.2, 0.25) is 0 Å². The zero-order valence-corrected chi connectivity index (χ0v) is 9.07. The SMILES string of the molecule is FC(F)(F)c1ccc2cc3ccccc3nc2n1. The van der Waals surface area contributed by atoms with Crippen LogP contribution in [0.15, 0.2) is 42.5 Å². The van der Waals surface area contributed by atoms with Gasteiger partial charge < -0.3 is 0 Å². The molecule has 0 amide bonds. The number of hydrogen-bond acceptors (Lipinski definition) is 2. The molecule has 5 heteroatoms. The number of aromatic nitrogens is 2. The van der Waals surface area contributed by atoms with Crippen LogP contribution in [0, 0.1) is 0 Å². The number of fused-ring (bicyclic) bond motifs is 2. The third-order valence-corrected chi connectivity index (χ3v) is 2.67. The Bertz CT molecular complexity index is 735. The maximum Gasteiger partial charge on any atom is 0.433 e. The molecule has 2 aromatic heterocycles. The summed E-state index contributed by atoms with van der Waals surface area (Å²) in [7, 11) is 0. The van der Waals surface area contributed by atoms with E-state index in [4.69, 9.17) is 0 Å². The normalized spacial score (nSPS) is 12.2. The summed E-state index contributed by atoms with van der Waals surface area (Å²) in [5.41, 5.74) is -0.168. The summed E-state index contributed by atoms with van der Waals surface area (Å²) in [5, 5.41) is 1.48. The average Bonchev–Trinajstić information content (AvgIpc) is 2.34. The van der Waals surface area contributed by atoms with E-state index in [-0.39, 0.29) is 5.65 Å². The van der Waals surface area contributed by atoms with Crippen molar-refractivity contribution >= 4 is 21.9 Å². The van der Waals surface area contributed by atoms with Gasteiger partial charge in [0.25, 0.3) is 0 Å². The molecular formula is C13H7F3N2. The highest BCUT2D eigenvalue weighted by Gasteiger charge is 2.32. The molecule has 3 aromatic rings. The number of benzene rings is 1. The van der Waals surface area contributed by atoms with Crippen molar-refractivity contribution < 1.29 is 13.2 Å². The second-order valence-electron chi connectivity index (χ2n) is 3.92. The van der Waals surface area contributed by atoms with Gasteiger partial charge in [-0.3, -0.25) is 0 Å². The van der Waals surface area contributed by atoms with Gasteiger partial charge in [0.15, 0.2) is 5.65 Å². The maximum atomic E-state index is 12.5. The van der Waals surface area contributed by atoms with Gasteiger partial charge in [-0.05, 0) is 24.3 Å². The first-order chi connectivity index (χ1) is 8.54. The van der Waals surface area contributed by atoms with Gasteiger partial charge in [-0.15, -0.1) is 0 Å². The maximum absolute atomic E-state index is 12.5. The lowest BCUT2D eigenvalue weighted by molar-refractivity contribution is -0.141. The van der Waals surface area contributed by atoms with Crippen molar-refractivity contribution in [2.24, 2.45) is 0 Å². The zero-order chi connectivity index (χ0) is 12.8. The van der Waals surface area contributed by atoms with Crippen molar-refractivity contribution in [2.75, 3.05) is 0 Å². The van der Waals surface area contributed by atoms with Crippen molar-refractivity contribution in [1.82, 2.24) is 9.97 Å². The monoisotopic (exact) mass is 248 g/mol. The molecule has 0 N–H and O–H groups in total. The van der Waals surface area contributed by atoms with E-state index in [1.165, 1.54) is 6.07 Å².